The Bertz CT molecular complexity index is 1270. The summed E-state index contributed by atoms with van der Waals surface area (Å²) in [6.45, 7) is 0. The molecule has 1 aliphatic heterocycles. The van der Waals surface area contributed by atoms with Gasteiger partial charge in [0, 0.05) is 18.0 Å². The molecule has 0 saturated heterocycles. The lowest BCUT2D eigenvalue weighted by Gasteiger charge is -2.25. The van der Waals surface area contributed by atoms with Gasteiger partial charge in [0.2, 0.25) is 11.8 Å². The number of hydrogen-bond donors (Lipinski definition) is 3. The van der Waals surface area contributed by atoms with E-state index >= 15 is 0 Å². The van der Waals surface area contributed by atoms with Crippen molar-refractivity contribution in [3.8, 4) is 0 Å². The van der Waals surface area contributed by atoms with Crippen LogP contribution < -0.4 is 10.6 Å². The molecule has 5 rings (SSSR count). The molecule has 2 heterocycles. The second-order valence-corrected chi connectivity index (χ2v) is 8.18. The van der Waals surface area contributed by atoms with Gasteiger partial charge in [-0.05, 0) is 47.7 Å². The monoisotopic (exact) mass is 424 g/mol. The standard InChI is InChI=1S/C26H24N4O2/c31-24(13-11-20-14-18-8-4-5-9-21(18)29-26(20)32)30-25(17-6-2-1-3-7-17)19-10-12-22-23(15-19)28-16-27-22/h1-10,12,15-16,20,25H,11,13-14H2,(H,27,28)(H,29,32)(H,30,31)/t20-,25+/m1/s1. The van der Waals surface area contributed by atoms with Crippen LogP contribution in [0.2, 0.25) is 0 Å². The molecule has 0 aliphatic carbocycles. The molecule has 4 aromatic rings. The molecule has 6 heteroatoms. The summed E-state index contributed by atoms with van der Waals surface area (Å²) in [6, 6.07) is 23.4. The van der Waals surface area contributed by atoms with E-state index in [9.17, 15) is 9.59 Å². The van der Waals surface area contributed by atoms with Crippen molar-refractivity contribution >= 4 is 28.5 Å². The number of H-pyrrole nitrogens is 1. The number of anilines is 1. The zero-order valence-electron chi connectivity index (χ0n) is 17.5. The molecule has 6 nitrogen and oxygen atoms in total. The largest absolute Gasteiger partial charge is 0.345 e. The van der Waals surface area contributed by atoms with Gasteiger partial charge in [-0.1, -0.05) is 54.6 Å². The fourth-order valence-electron chi connectivity index (χ4n) is 4.32. The number of aromatic amines is 1. The van der Waals surface area contributed by atoms with Crippen LogP contribution in [0.1, 0.15) is 35.6 Å². The third kappa shape index (κ3) is 4.12. The first-order chi connectivity index (χ1) is 15.7. The van der Waals surface area contributed by atoms with Gasteiger partial charge in [-0.3, -0.25) is 9.59 Å². The van der Waals surface area contributed by atoms with E-state index in [4.69, 9.17) is 0 Å². The van der Waals surface area contributed by atoms with E-state index in [1.807, 2.05) is 72.8 Å². The van der Waals surface area contributed by atoms with Crippen LogP contribution in [0.3, 0.4) is 0 Å². The van der Waals surface area contributed by atoms with E-state index in [0.717, 1.165) is 33.4 Å². The summed E-state index contributed by atoms with van der Waals surface area (Å²) in [5.41, 5.74) is 5.78. The van der Waals surface area contributed by atoms with Crippen LogP contribution in [-0.4, -0.2) is 21.8 Å². The number of aromatic nitrogens is 2. The normalized spacial score (nSPS) is 16.2. The van der Waals surface area contributed by atoms with Crippen molar-refractivity contribution in [3.63, 3.8) is 0 Å². The van der Waals surface area contributed by atoms with Gasteiger partial charge in [0.15, 0.2) is 0 Å². The number of nitrogens with zero attached hydrogens (tertiary/aromatic N) is 1. The van der Waals surface area contributed by atoms with E-state index in [0.29, 0.717) is 12.8 Å². The third-order valence-corrected chi connectivity index (χ3v) is 6.05. The van der Waals surface area contributed by atoms with Crippen molar-refractivity contribution in [3.05, 3.63) is 95.8 Å². The van der Waals surface area contributed by atoms with E-state index in [-0.39, 0.29) is 30.2 Å². The number of para-hydroxylation sites is 1. The molecule has 1 aliphatic rings. The van der Waals surface area contributed by atoms with Crippen molar-refractivity contribution in [1.82, 2.24) is 15.3 Å². The number of fused-ring (bicyclic) bond motifs is 2. The molecular weight excluding hydrogens is 400 g/mol. The maximum Gasteiger partial charge on any atom is 0.227 e. The molecule has 0 fully saturated rings. The second-order valence-electron chi connectivity index (χ2n) is 8.18. The zero-order chi connectivity index (χ0) is 21.9. The lowest BCUT2D eigenvalue weighted by atomic mass is 9.89. The molecule has 2 atom stereocenters. The lowest BCUT2D eigenvalue weighted by Crippen LogP contribution is -2.33. The van der Waals surface area contributed by atoms with Gasteiger partial charge in [-0.2, -0.15) is 0 Å². The van der Waals surface area contributed by atoms with E-state index < -0.39 is 0 Å². The molecule has 160 valence electrons. The molecule has 0 spiro atoms. The Morgan fingerprint density at radius 2 is 1.84 bits per heavy atom. The van der Waals surface area contributed by atoms with E-state index in [2.05, 4.69) is 20.6 Å². The van der Waals surface area contributed by atoms with Crippen molar-refractivity contribution in [2.75, 3.05) is 5.32 Å². The van der Waals surface area contributed by atoms with Crippen LogP contribution >= 0.6 is 0 Å². The van der Waals surface area contributed by atoms with Crippen molar-refractivity contribution in [1.29, 1.82) is 0 Å². The van der Waals surface area contributed by atoms with Gasteiger partial charge in [0.25, 0.3) is 0 Å². The zero-order valence-corrected chi connectivity index (χ0v) is 17.5. The SMILES string of the molecule is O=C(CC[C@@H]1Cc2ccccc2NC1=O)N[C@@H](c1ccccc1)c1ccc2nc[nH]c2c1. The van der Waals surface area contributed by atoms with Crippen LogP contribution in [-0.2, 0) is 16.0 Å². The number of carbonyl (C=O) groups is 2. The Hall–Kier alpha value is -3.93. The summed E-state index contributed by atoms with van der Waals surface area (Å²) in [4.78, 5) is 32.8. The predicted molar refractivity (Wildman–Crippen MR) is 124 cm³/mol. The topological polar surface area (TPSA) is 86.9 Å². The number of carbonyl (C=O) groups excluding carboxylic acids is 2. The average Bonchev–Trinajstić information content (AvgIpc) is 3.30. The van der Waals surface area contributed by atoms with Crippen LogP contribution in [0.25, 0.3) is 11.0 Å². The average molecular weight is 425 g/mol. The van der Waals surface area contributed by atoms with E-state index in [1.54, 1.807) is 6.33 Å². The van der Waals surface area contributed by atoms with Crippen LogP contribution in [0.5, 0.6) is 0 Å². The molecule has 0 radical (unpaired) electrons. The molecule has 0 bridgehead atoms. The Kier molecular flexibility index (Phi) is 5.42. The highest BCUT2D eigenvalue weighted by molar-refractivity contribution is 5.96. The highest BCUT2D eigenvalue weighted by Gasteiger charge is 2.27. The summed E-state index contributed by atoms with van der Waals surface area (Å²) < 4.78 is 0. The number of amides is 2. The quantitative estimate of drug-likeness (QED) is 0.430. The molecule has 3 N–H and O–H groups in total. The Balaban J connectivity index is 1.30. The molecule has 0 unspecified atom stereocenters. The van der Waals surface area contributed by atoms with Crippen molar-refractivity contribution in [2.45, 2.75) is 25.3 Å². The van der Waals surface area contributed by atoms with Crippen LogP contribution in [0.4, 0.5) is 5.69 Å². The first kappa shape index (κ1) is 20.0. The third-order valence-electron chi connectivity index (χ3n) is 6.05. The fourth-order valence-corrected chi connectivity index (χ4v) is 4.32. The maximum absolute atomic E-state index is 12.9. The van der Waals surface area contributed by atoms with Crippen molar-refractivity contribution in [2.24, 2.45) is 5.92 Å². The highest BCUT2D eigenvalue weighted by Crippen LogP contribution is 2.28. The Morgan fingerprint density at radius 1 is 1.03 bits per heavy atom. The van der Waals surface area contributed by atoms with Gasteiger partial charge in [-0.15, -0.1) is 0 Å². The van der Waals surface area contributed by atoms with Gasteiger partial charge in [0.1, 0.15) is 0 Å². The summed E-state index contributed by atoms with van der Waals surface area (Å²) in [5.74, 6) is -0.289. The van der Waals surface area contributed by atoms with E-state index in [1.165, 1.54) is 0 Å². The number of benzene rings is 3. The first-order valence-corrected chi connectivity index (χ1v) is 10.8. The Morgan fingerprint density at radius 3 is 2.72 bits per heavy atom. The van der Waals surface area contributed by atoms with Gasteiger partial charge < -0.3 is 15.6 Å². The molecule has 2 amide bonds. The van der Waals surface area contributed by atoms with Crippen LogP contribution in [0, 0.1) is 5.92 Å². The number of imidazole rings is 1. The molecule has 3 aromatic carbocycles. The minimum absolute atomic E-state index is 0.0131. The predicted octanol–water partition coefficient (Wildman–Crippen LogP) is 4.36. The second kappa shape index (κ2) is 8.67. The summed E-state index contributed by atoms with van der Waals surface area (Å²) in [7, 11) is 0. The van der Waals surface area contributed by atoms with Gasteiger partial charge >= 0.3 is 0 Å². The number of rotatable bonds is 6. The smallest absolute Gasteiger partial charge is 0.227 e. The molecule has 32 heavy (non-hydrogen) atoms. The van der Waals surface area contributed by atoms with Crippen LogP contribution in [0.15, 0.2) is 79.1 Å². The summed E-state index contributed by atoms with van der Waals surface area (Å²) in [6.07, 6.45) is 3.12. The molecule has 1 aromatic heterocycles. The summed E-state index contributed by atoms with van der Waals surface area (Å²) >= 11 is 0. The number of hydrogen-bond acceptors (Lipinski definition) is 3. The molecule has 0 saturated carbocycles. The van der Waals surface area contributed by atoms with Gasteiger partial charge in [-0.25, -0.2) is 4.98 Å². The molecular formula is C26H24N4O2. The first-order valence-electron chi connectivity index (χ1n) is 10.8. The minimum atomic E-state index is -0.280. The highest BCUT2D eigenvalue weighted by atomic mass is 16.2. The maximum atomic E-state index is 12.9. The number of nitrogens with one attached hydrogen (secondary N) is 3. The fraction of sp³-hybridized carbons (Fsp3) is 0.192. The lowest BCUT2D eigenvalue weighted by molar-refractivity contribution is -0.123. The van der Waals surface area contributed by atoms with Crippen molar-refractivity contribution < 1.29 is 9.59 Å². The van der Waals surface area contributed by atoms with Gasteiger partial charge in [0.05, 0.1) is 23.4 Å². The minimum Gasteiger partial charge on any atom is -0.345 e. The summed E-state index contributed by atoms with van der Waals surface area (Å²) in [5, 5.41) is 6.14. The Labute approximate surface area is 186 Å².